The maximum Gasteiger partial charge on any atom is 0.292 e. The molecule has 1 saturated heterocycles. The first-order valence-corrected chi connectivity index (χ1v) is 9.46. The Hall–Kier alpha value is -3.52. The molecule has 0 atom stereocenters. The molecule has 0 radical (unpaired) electrons. The van der Waals surface area contributed by atoms with E-state index in [2.05, 4.69) is 15.2 Å². The second kappa shape index (κ2) is 8.24. The topological polar surface area (TPSA) is 91.6 Å². The molecule has 0 unspecified atom stereocenters. The number of para-hydroxylation sites is 2. The molecule has 1 fully saturated rings. The van der Waals surface area contributed by atoms with Gasteiger partial charge in [-0.05, 0) is 30.3 Å². The van der Waals surface area contributed by atoms with Gasteiger partial charge >= 0.3 is 0 Å². The van der Waals surface area contributed by atoms with Crippen LogP contribution >= 0.6 is 0 Å². The van der Waals surface area contributed by atoms with Gasteiger partial charge in [-0.25, -0.2) is 0 Å². The van der Waals surface area contributed by atoms with Crippen molar-refractivity contribution < 1.29 is 9.72 Å². The third kappa shape index (κ3) is 4.17. The molecule has 2 aromatic carbocycles. The average molecular weight is 391 g/mol. The molecule has 0 saturated carbocycles. The number of nitro groups is 1. The molecule has 3 aromatic rings. The van der Waals surface area contributed by atoms with E-state index in [1.54, 1.807) is 24.4 Å². The number of pyridine rings is 1. The Labute approximate surface area is 167 Å². The van der Waals surface area contributed by atoms with Crippen LogP contribution in [0.25, 0.3) is 10.9 Å². The van der Waals surface area contributed by atoms with Gasteiger partial charge in [0.2, 0.25) is 5.91 Å². The number of rotatable bonds is 5. The van der Waals surface area contributed by atoms with Gasteiger partial charge in [0, 0.05) is 43.8 Å². The lowest BCUT2D eigenvalue weighted by Crippen LogP contribution is -2.48. The van der Waals surface area contributed by atoms with E-state index >= 15 is 0 Å². The largest absolute Gasteiger partial charge is 0.363 e. The minimum Gasteiger partial charge on any atom is -0.363 e. The van der Waals surface area contributed by atoms with Gasteiger partial charge in [-0.15, -0.1) is 0 Å². The summed E-state index contributed by atoms with van der Waals surface area (Å²) in [6.07, 6.45) is 1.73. The monoisotopic (exact) mass is 391 g/mol. The zero-order chi connectivity index (χ0) is 20.2. The molecule has 1 amide bonds. The summed E-state index contributed by atoms with van der Waals surface area (Å²) in [6, 6.07) is 16.2. The predicted octanol–water partition coefficient (Wildman–Crippen LogP) is 2.90. The first-order chi connectivity index (χ1) is 14.1. The van der Waals surface area contributed by atoms with Crippen molar-refractivity contribution in [3.8, 4) is 0 Å². The van der Waals surface area contributed by atoms with Gasteiger partial charge in [0.05, 0.1) is 22.7 Å². The fourth-order valence-corrected chi connectivity index (χ4v) is 3.64. The lowest BCUT2D eigenvalue weighted by Gasteiger charge is -2.35. The van der Waals surface area contributed by atoms with E-state index in [9.17, 15) is 14.9 Å². The molecule has 8 heteroatoms. The summed E-state index contributed by atoms with van der Waals surface area (Å²) in [6.45, 7) is 2.88. The Balaban J connectivity index is 1.36. The van der Waals surface area contributed by atoms with Crippen molar-refractivity contribution in [2.45, 2.75) is 0 Å². The highest BCUT2D eigenvalue weighted by Crippen LogP contribution is 2.28. The van der Waals surface area contributed by atoms with Crippen molar-refractivity contribution in [3.05, 3.63) is 70.9 Å². The predicted molar refractivity (Wildman–Crippen MR) is 112 cm³/mol. The smallest absolute Gasteiger partial charge is 0.292 e. The molecule has 148 valence electrons. The maximum atomic E-state index is 12.5. The van der Waals surface area contributed by atoms with Crippen molar-refractivity contribution in [1.82, 2.24) is 9.88 Å². The van der Waals surface area contributed by atoms with E-state index in [1.165, 1.54) is 6.07 Å². The Bertz CT molecular complexity index is 1040. The Morgan fingerprint density at radius 2 is 1.83 bits per heavy atom. The second-order valence-corrected chi connectivity index (χ2v) is 6.93. The molecule has 0 bridgehead atoms. The third-order valence-electron chi connectivity index (χ3n) is 5.08. The second-order valence-electron chi connectivity index (χ2n) is 6.93. The van der Waals surface area contributed by atoms with E-state index in [0.29, 0.717) is 31.9 Å². The summed E-state index contributed by atoms with van der Waals surface area (Å²) in [5, 5.41) is 15.1. The molecule has 1 N–H and O–H groups in total. The van der Waals surface area contributed by atoms with Crippen LogP contribution in [0.1, 0.15) is 0 Å². The van der Waals surface area contributed by atoms with Gasteiger partial charge in [-0.2, -0.15) is 0 Å². The van der Waals surface area contributed by atoms with Gasteiger partial charge in [-0.1, -0.05) is 18.2 Å². The number of anilines is 2. The number of hydrogen-bond acceptors (Lipinski definition) is 6. The highest BCUT2D eigenvalue weighted by Gasteiger charge is 2.24. The van der Waals surface area contributed by atoms with Gasteiger partial charge in [0.15, 0.2) is 0 Å². The van der Waals surface area contributed by atoms with Crippen LogP contribution in [0.4, 0.5) is 17.1 Å². The number of carbonyl (C=O) groups excluding carboxylic acids is 1. The summed E-state index contributed by atoms with van der Waals surface area (Å²) in [7, 11) is 0. The summed E-state index contributed by atoms with van der Waals surface area (Å²) in [4.78, 5) is 31.8. The number of aromatic nitrogens is 1. The number of piperazine rings is 1. The van der Waals surface area contributed by atoms with Gasteiger partial charge in [-0.3, -0.25) is 24.8 Å². The number of carbonyl (C=O) groups is 1. The number of nitro benzene ring substituents is 1. The van der Waals surface area contributed by atoms with Gasteiger partial charge in [0.1, 0.15) is 5.69 Å². The minimum atomic E-state index is -0.353. The van der Waals surface area contributed by atoms with Crippen molar-refractivity contribution in [3.63, 3.8) is 0 Å². The normalized spacial score (nSPS) is 14.7. The summed E-state index contributed by atoms with van der Waals surface area (Å²) in [5.41, 5.74) is 2.33. The molecule has 1 aliphatic rings. The quantitative estimate of drug-likeness (QED) is 0.531. The first kappa shape index (κ1) is 18.8. The molecular formula is C21H21N5O3. The number of hydrogen-bond donors (Lipinski definition) is 1. The molecule has 8 nitrogen and oxygen atoms in total. The molecule has 2 heterocycles. The van der Waals surface area contributed by atoms with E-state index in [-0.39, 0.29) is 23.1 Å². The summed E-state index contributed by atoms with van der Waals surface area (Å²) in [5.74, 6) is -0.0829. The van der Waals surface area contributed by atoms with Crippen molar-refractivity contribution >= 4 is 33.9 Å². The number of amides is 1. The van der Waals surface area contributed by atoms with E-state index in [4.69, 9.17) is 0 Å². The third-order valence-corrected chi connectivity index (χ3v) is 5.08. The lowest BCUT2D eigenvalue weighted by atomic mass is 10.2. The van der Waals surface area contributed by atoms with Crippen LogP contribution in [0, 0.1) is 10.1 Å². The summed E-state index contributed by atoms with van der Waals surface area (Å²) < 4.78 is 0. The van der Waals surface area contributed by atoms with Crippen LogP contribution < -0.4 is 10.2 Å². The minimum absolute atomic E-state index is 0.0829. The molecule has 0 spiro atoms. The van der Waals surface area contributed by atoms with Crippen molar-refractivity contribution in [2.24, 2.45) is 0 Å². The van der Waals surface area contributed by atoms with E-state index in [0.717, 1.165) is 16.6 Å². The van der Waals surface area contributed by atoms with Gasteiger partial charge < -0.3 is 10.2 Å². The van der Waals surface area contributed by atoms with Crippen LogP contribution in [-0.2, 0) is 4.79 Å². The highest BCUT2D eigenvalue weighted by atomic mass is 16.6. The average Bonchev–Trinajstić information content (AvgIpc) is 2.74. The molecular weight excluding hydrogens is 370 g/mol. The van der Waals surface area contributed by atoms with Crippen LogP contribution in [0.5, 0.6) is 0 Å². The van der Waals surface area contributed by atoms with Crippen LogP contribution in [0.3, 0.4) is 0 Å². The van der Waals surface area contributed by atoms with E-state index in [1.807, 2.05) is 35.2 Å². The highest BCUT2D eigenvalue weighted by molar-refractivity contribution is 6.01. The Morgan fingerprint density at radius 1 is 1.03 bits per heavy atom. The fraction of sp³-hybridized carbons (Fsp3) is 0.238. The maximum absolute atomic E-state index is 12.5. The first-order valence-electron chi connectivity index (χ1n) is 9.46. The Kier molecular flexibility index (Phi) is 5.35. The number of nitrogens with one attached hydrogen (secondary N) is 1. The van der Waals surface area contributed by atoms with Gasteiger partial charge in [0.25, 0.3) is 5.69 Å². The van der Waals surface area contributed by atoms with E-state index < -0.39 is 0 Å². The molecule has 0 aliphatic carbocycles. The van der Waals surface area contributed by atoms with Crippen LogP contribution in [0.15, 0.2) is 60.8 Å². The van der Waals surface area contributed by atoms with Crippen molar-refractivity contribution in [1.29, 1.82) is 0 Å². The SMILES string of the molecule is O=C(CN1CCN(c2ccccc2[N+](=O)[O-])CC1)Nc1cccc2ncccc12. The van der Waals surface area contributed by atoms with Crippen molar-refractivity contribution in [2.75, 3.05) is 42.9 Å². The summed E-state index contributed by atoms with van der Waals surface area (Å²) >= 11 is 0. The Morgan fingerprint density at radius 3 is 2.62 bits per heavy atom. The standard InChI is InChI=1S/C21H21N5O3/c27-21(23-18-7-3-6-17-16(18)5-4-10-22-17)15-24-11-13-25(14-12-24)19-8-1-2-9-20(19)26(28)29/h1-10H,11-15H2,(H,23,27). The number of benzene rings is 2. The molecule has 1 aromatic heterocycles. The van der Waals surface area contributed by atoms with Crippen LogP contribution in [0.2, 0.25) is 0 Å². The fourth-order valence-electron chi connectivity index (χ4n) is 3.64. The zero-order valence-electron chi connectivity index (χ0n) is 15.8. The molecule has 1 aliphatic heterocycles. The number of fused-ring (bicyclic) bond motifs is 1. The molecule has 29 heavy (non-hydrogen) atoms. The van der Waals surface area contributed by atoms with Crippen LogP contribution in [-0.4, -0.2) is 53.4 Å². The number of nitrogens with zero attached hydrogens (tertiary/aromatic N) is 4. The lowest BCUT2D eigenvalue weighted by molar-refractivity contribution is -0.384. The molecule has 4 rings (SSSR count). The zero-order valence-corrected chi connectivity index (χ0v) is 15.8.